The highest BCUT2D eigenvalue weighted by Crippen LogP contribution is 2.18. The molecule has 1 aromatic heterocycles. The summed E-state index contributed by atoms with van der Waals surface area (Å²) in [6.07, 6.45) is 7.67. The molecule has 5 nitrogen and oxygen atoms in total. The summed E-state index contributed by atoms with van der Waals surface area (Å²) in [5.41, 5.74) is 0.545. The molecule has 1 aromatic rings. The molecule has 2 rings (SSSR count). The zero-order valence-electron chi connectivity index (χ0n) is 10.1. The monoisotopic (exact) mass is 237 g/mol. The highest BCUT2D eigenvalue weighted by molar-refractivity contribution is 5.93. The molecule has 0 radical (unpaired) electrons. The fraction of sp³-hybridized carbons (Fsp3) is 0.667. The second-order valence-corrected chi connectivity index (χ2v) is 4.69. The summed E-state index contributed by atoms with van der Waals surface area (Å²) in [5, 5.41) is 16.8. The maximum Gasteiger partial charge on any atom is 0.254 e. The maximum atomic E-state index is 11.9. The molecular formula is C12H19N3O2. The van der Waals surface area contributed by atoms with Crippen molar-refractivity contribution < 1.29 is 9.90 Å². The Kier molecular flexibility index (Phi) is 3.78. The lowest BCUT2D eigenvalue weighted by Gasteiger charge is -2.21. The minimum absolute atomic E-state index is 0.120. The van der Waals surface area contributed by atoms with Gasteiger partial charge in [0.15, 0.2) is 0 Å². The molecule has 2 N–H and O–H groups in total. The van der Waals surface area contributed by atoms with Crippen molar-refractivity contribution in [2.24, 2.45) is 7.05 Å². The number of rotatable bonds is 2. The van der Waals surface area contributed by atoms with Gasteiger partial charge in [-0.1, -0.05) is 19.3 Å². The van der Waals surface area contributed by atoms with Crippen molar-refractivity contribution in [3.8, 4) is 0 Å². The predicted molar refractivity (Wildman–Crippen MR) is 63.6 cm³/mol. The summed E-state index contributed by atoms with van der Waals surface area (Å²) in [4.78, 5) is 11.9. The summed E-state index contributed by atoms with van der Waals surface area (Å²) in [7, 11) is 1.78. The number of aryl methyl sites for hydroxylation is 1. The third kappa shape index (κ3) is 3.06. The lowest BCUT2D eigenvalue weighted by Crippen LogP contribution is -2.42. The van der Waals surface area contributed by atoms with E-state index < -0.39 is 6.10 Å². The zero-order chi connectivity index (χ0) is 12.3. The Morgan fingerprint density at radius 3 is 2.94 bits per heavy atom. The first-order valence-electron chi connectivity index (χ1n) is 6.14. The molecule has 1 amide bonds. The lowest BCUT2D eigenvalue weighted by atomic mass is 10.1. The lowest BCUT2D eigenvalue weighted by molar-refractivity contribution is 0.0818. The van der Waals surface area contributed by atoms with Gasteiger partial charge in [0.05, 0.1) is 23.9 Å². The molecule has 17 heavy (non-hydrogen) atoms. The Hall–Kier alpha value is -1.36. The van der Waals surface area contributed by atoms with Crippen molar-refractivity contribution in [2.75, 3.05) is 0 Å². The van der Waals surface area contributed by atoms with Gasteiger partial charge in [0.2, 0.25) is 0 Å². The van der Waals surface area contributed by atoms with E-state index in [-0.39, 0.29) is 11.9 Å². The van der Waals surface area contributed by atoms with E-state index in [0.717, 1.165) is 32.1 Å². The first-order valence-corrected chi connectivity index (χ1v) is 6.14. The summed E-state index contributed by atoms with van der Waals surface area (Å²) in [6.45, 7) is 0. The van der Waals surface area contributed by atoms with E-state index >= 15 is 0 Å². The number of carbonyl (C=O) groups is 1. The van der Waals surface area contributed by atoms with Crippen LogP contribution in [0.1, 0.15) is 42.5 Å². The van der Waals surface area contributed by atoms with E-state index in [0.29, 0.717) is 5.56 Å². The van der Waals surface area contributed by atoms with Gasteiger partial charge in [0.25, 0.3) is 5.91 Å². The van der Waals surface area contributed by atoms with Gasteiger partial charge in [-0.3, -0.25) is 9.48 Å². The molecule has 0 aromatic carbocycles. The van der Waals surface area contributed by atoms with Crippen LogP contribution in [0.4, 0.5) is 0 Å². The van der Waals surface area contributed by atoms with Gasteiger partial charge < -0.3 is 10.4 Å². The molecule has 0 saturated heterocycles. The number of nitrogens with one attached hydrogen (secondary N) is 1. The number of aliphatic hydroxyl groups excluding tert-OH is 1. The van der Waals surface area contributed by atoms with Crippen molar-refractivity contribution in [1.29, 1.82) is 0 Å². The number of hydrogen-bond acceptors (Lipinski definition) is 3. The SMILES string of the molecule is Cn1cc(C(=O)NC2CCCCCC2O)cn1. The van der Waals surface area contributed by atoms with Crippen molar-refractivity contribution in [3.05, 3.63) is 18.0 Å². The van der Waals surface area contributed by atoms with Crippen molar-refractivity contribution in [1.82, 2.24) is 15.1 Å². The molecule has 0 spiro atoms. The van der Waals surface area contributed by atoms with Gasteiger partial charge in [0, 0.05) is 13.2 Å². The molecule has 1 saturated carbocycles. The van der Waals surface area contributed by atoms with Crippen LogP contribution in [0, 0.1) is 0 Å². The van der Waals surface area contributed by atoms with E-state index in [4.69, 9.17) is 0 Å². The number of carbonyl (C=O) groups excluding carboxylic acids is 1. The Labute approximate surface area is 101 Å². The van der Waals surface area contributed by atoms with Crippen molar-refractivity contribution >= 4 is 5.91 Å². The highest BCUT2D eigenvalue weighted by atomic mass is 16.3. The minimum Gasteiger partial charge on any atom is -0.391 e. The van der Waals surface area contributed by atoms with Gasteiger partial charge in [-0.05, 0) is 12.8 Å². The molecule has 1 heterocycles. The van der Waals surface area contributed by atoms with Crippen LogP contribution in [0.3, 0.4) is 0 Å². The Morgan fingerprint density at radius 1 is 1.47 bits per heavy atom. The second kappa shape index (κ2) is 5.31. The van der Waals surface area contributed by atoms with Crippen LogP contribution in [-0.4, -0.2) is 32.9 Å². The first-order chi connectivity index (χ1) is 8.16. The second-order valence-electron chi connectivity index (χ2n) is 4.69. The number of amides is 1. The third-order valence-corrected chi connectivity index (χ3v) is 3.26. The zero-order valence-corrected chi connectivity index (χ0v) is 10.1. The van der Waals surface area contributed by atoms with Crippen molar-refractivity contribution in [2.45, 2.75) is 44.2 Å². The Balaban J connectivity index is 1.97. The molecule has 1 fully saturated rings. The Bertz CT molecular complexity index is 389. The highest BCUT2D eigenvalue weighted by Gasteiger charge is 2.23. The molecule has 0 aliphatic heterocycles. The molecular weight excluding hydrogens is 218 g/mol. The summed E-state index contributed by atoms with van der Waals surface area (Å²) < 4.78 is 1.60. The largest absolute Gasteiger partial charge is 0.391 e. The average Bonchev–Trinajstić information content (AvgIpc) is 2.63. The molecule has 1 aliphatic rings. The summed E-state index contributed by atoms with van der Waals surface area (Å²) in [5.74, 6) is -0.149. The maximum absolute atomic E-state index is 11.9. The van der Waals surface area contributed by atoms with Gasteiger partial charge in [-0.25, -0.2) is 0 Å². The molecule has 5 heteroatoms. The normalized spacial score (nSPS) is 25.3. The molecule has 0 bridgehead atoms. The van der Waals surface area contributed by atoms with Crippen molar-refractivity contribution in [3.63, 3.8) is 0 Å². The topological polar surface area (TPSA) is 67.2 Å². The quantitative estimate of drug-likeness (QED) is 0.749. The summed E-state index contributed by atoms with van der Waals surface area (Å²) >= 11 is 0. The number of hydrogen-bond donors (Lipinski definition) is 2. The molecule has 94 valence electrons. The van der Waals surface area contributed by atoms with E-state index in [1.165, 1.54) is 0 Å². The van der Waals surface area contributed by atoms with E-state index in [2.05, 4.69) is 10.4 Å². The van der Waals surface area contributed by atoms with Crippen LogP contribution in [0.15, 0.2) is 12.4 Å². The number of nitrogens with zero attached hydrogens (tertiary/aromatic N) is 2. The first kappa shape index (κ1) is 12.1. The van der Waals surface area contributed by atoms with Crippen LogP contribution in [0.2, 0.25) is 0 Å². The van der Waals surface area contributed by atoms with Gasteiger partial charge in [0.1, 0.15) is 0 Å². The standard InChI is InChI=1S/C12H19N3O2/c1-15-8-9(7-13-15)12(17)14-10-5-3-2-4-6-11(10)16/h7-8,10-11,16H,2-6H2,1H3,(H,14,17). The third-order valence-electron chi connectivity index (χ3n) is 3.26. The van der Waals surface area contributed by atoms with E-state index in [1.807, 2.05) is 0 Å². The van der Waals surface area contributed by atoms with Crippen LogP contribution in [-0.2, 0) is 7.05 Å². The number of aromatic nitrogens is 2. The van der Waals surface area contributed by atoms with Crippen LogP contribution < -0.4 is 5.32 Å². The summed E-state index contributed by atoms with van der Waals surface area (Å²) in [6, 6.07) is -0.120. The molecule has 2 atom stereocenters. The van der Waals surface area contributed by atoms with E-state index in [1.54, 1.807) is 24.1 Å². The van der Waals surface area contributed by atoms with Gasteiger partial charge in [-0.2, -0.15) is 5.10 Å². The number of aliphatic hydroxyl groups is 1. The molecule has 2 unspecified atom stereocenters. The fourth-order valence-electron chi connectivity index (χ4n) is 2.25. The van der Waals surface area contributed by atoms with Crippen LogP contribution in [0.25, 0.3) is 0 Å². The minimum atomic E-state index is -0.418. The fourth-order valence-corrected chi connectivity index (χ4v) is 2.25. The van der Waals surface area contributed by atoms with Gasteiger partial charge in [-0.15, -0.1) is 0 Å². The smallest absolute Gasteiger partial charge is 0.254 e. The van der Waals surface area contributed by atoms with Crippen LogP contribution in [0.5, 0.6) is 0 Å². The van der Waals surface area contributed by atoms with E-state index in [9.17, 15) is 9.90 Å². The van der Waals surface area contributed by atoms with Gasteiger partial charge >= 0.3 is 0 Å². The average molecular weight is 237 g/mol. The molecule has 1 aliphatic carbocycles. The predicted octanol–water partition coefficient (Wildman–Crippen LogP) is 0.843. The van der Waals surface area contributed by atoms with Crippen LogP contribution >= 0.6 is 0 Å². The Morgan fingerprint density at radius 2 is 2.24 bits per heavy atom.